The molecule has 0 saturated carbocycles. The lowest BCUT2D eigenvalue weighted by atomic mass is 9.96. The van der Waals surface area contributed by atoms with E-state index in [0.717, 1.165) is 77.7 Å². The molecule has 0 atom stereocenters. The second kappa shape index (κ2) is 12.7. The molecule has 0 spiro atoms. The molecule has 2 aromatic heterocycles. The van der Waals surface area contributed by atoms with Crippen LogP contribution in [0, 0.1) is 0 Å². The summed E-state index contributed by atoms with van der Waals surface area (Å²) < 4.78 is 0. The first-order valence-corrected chi connectivity index (χ1v) is 16.7. The average molecular weight is 639 g/mol. The van der Waals surface area contributed by atoms with Crippen molar-refractivity contribution in [3.8, 4) is 67.7 Å². The molecule has 7 aromatic carbocycles. The summed E-state index contributed by atoms with van der Waals surface area (Å²) in [5.41, 5.74) is 10.9. The van der Waals surface area contributed by atoms with Gasteiger partial charge >= 0.3 is 0 Å². The Bertz CT molecular complexity index is 2560. The van der Waals surface area contributed by atoms with Gasteiger partial charge in [0, 0.05) is 38.6 Å². The Labute approximate surface area is 290 Å². The second-order valence-corrected chi connectivity index (χ2v) is 12.3. The third-order valence-electron chi connectivity index (χ3n) is 9.08. The van der Waals surface area contributed by atoms with Crippen molar-refractivity contribution in [1.29, 1.82) is 0 Å². The van der Waals surface area contributed by atoms with Crippen molar-refractivity contribution in [1.82, 2.24) is 19.9 Å². The topological polar surface area (TPSA) is 51.6 Å². The average Bonchev–Trinajstić information content (AvgIpc) is 3.21. The summed E-state index contributed by atoms with van der Waals surface area (Å²) >= 11 is 0. The first-order chi connectivity index (χ1) is 24.8. The predicted octanol–water partition coefficient (Wildman–Crippen LogP) is 11.6. The summed E-state index contributed by atoms with van der Waals surface area (Å²) in [5.74, 6) is 1.41. The van der Waals surface area contributed by atoms with Crippen molar-refractivity contribution in [3.05, 3.63) is 182 Å². The highest BCUT2D eigenvalue weighted by Gasteiger charge is 2.15. The molecule has 0 aliphatic rings. The molecule has 0 radical (unpaired) electrons. The van der Waals surface area contributed by atoms with Crippen LogP contribution in [-0.2, 0) is 0 Å². The van der Waals surface area contributed by atoms with Crippen LogP contribution in [-0.4, -0.2) is 19.9 Å². The molecule has 0 bridgehead atoms. The van der Waals surface area contributed by atoms with Crippen LogP contribution < -0.4 is 0 Å². The molecule has 234 valence electrons. The standard InChI is InChI=1S/C46H30N4/c1-5-14-32(15-6-1)41-30-42(48-45(47-41)34-18-9-3-10-19-34)38-23-13-22-36(28-38)37-25-24-31-26-27-39-43(33-16-7-2-8-17-33)49-46(35-20-11-4-12-21-35)50-44(39)40(31)29-37/h1-30H. The van der Waals surface area contributed by atoms with Crippen molar-refractivity contribution in [3.63, 3.8) is 0 Å². The molecule has 0 aliphatic heterocycles. The van der Waals surface area contributed by atoms with Gasteiger partial charge in [0.05, 0.1) is 22.6 Å². The first kappa shape index (κ1) is 29.4. The van der Waals surface area contributed by atoms with E-state index in [1.165, 1.54) is 0 Å². The fourth-order valence-corrected chi connectivity index (χ4v) is 6.55. The number of rotatable bonds is 6. The van der Waals surface area contributed by atoms with Crippen molar-refractivity contribution >= 4 is 21.7 Å². The molecular weight excluding hydrogens is 609 g/mol. The maximum atomic E-state index is 5.21. The lowest BCUT2D eigenvalue weighted by molar-refractivity contribution is 1.18. The quantitative estimate of drug-likeness (QED) is 0.170. The Hall–Kier alpha value is -6.78. The SMILES string of the molecule is c1ccc(-c2cc(-c3cccc(-c4ccc5ccc6c(-c7ccccc7)nc(-c7ccccc7)nc6c5c4)c3)nc(-c3ccccc3)n2)cc1. The van der Waals surface area contributed by atoms with Gasteiger partial charge < -0.3 is 0 Å². The van der Waals surface area contributed by atoms with E-state index in [1.807, 2.05) is 60.7 Å². The van der Waals surface area contributed by atoms with E-state index in [4.69, 9.17) is 19.9 Å². The highest BCUT2D eigenvalue weighted by Crippen LogP contribution is 2.36. The van der Waals surface area contributed by atoms with Gasteiger partial charge in [-0.3, -0.25) is 0 Å². The summed E-state index contributed by atoms with van der Waals surface area (Å²) in [6, 6.07) is 62.7. The number of aromatic nitrogens is 4. The van der Waals surface area contributed by atoms with E-state index in [9.17, 15) is 0 Å². The van der Waals surface area contributed by atoms with Gasteiger partial charge in [-0.1, -0.05) is 158 Å². The molecule has 2 heterocycles. The van der Waals surface area contributed by atoms with Gasteiger partial charge in [-0.25, -0.2) is 19.9 Å². The van der Waals surface area contributed by atoms with Crippen molar-refractivity contribution < 1.29 is 0 Å². The number of nitrogens with zero attached hydrogens (tertiary/aromatic N) is 4. The molecule has 0 unspecified atom stereocenters. The van der Waals surface area contributed by atoms with Crippen LogP contribution in [0.1, 0.15) is 0 Å². The molecule has 0 aliphatic carbocycles. The first-order valence-electron chi connectivity index (χ1n) is 16.7. The number of fused-ring (bicyclic) bond motifs is 3. The Morgan fingerprint density at radius 3 is 1.44 bits per heavy atom. The van der Waals surface area contributed by atoms with Crippen molar-refractivity contribution in [2.45, 2.75) is 0 Å². The Morgan fingerprint density at radius 2 is 0.780 bits per heavy atom. The highest BCUT2D eigenvalue weighted by atomic mass is 14.9. The monoisotopic (exact) mass is 638 g/mol. The van der Waals surface area contributed by atoms with E-state index in [-0.39, 0.29) is 0 Å². The van der Waals surface area contributed by atoms with E-state index < -0.39 is 0 Å². The van der Waals surface area contributed by atoms with E-state index >= 15 is 0 Å². The predicted molar refractivity (Wildman–Crippen MR) is 205 cm³/mol. The lowest BCUT2D eigenvalue weighted by Crippen LogP contribution is -1.96. The molecule has 9 rings (SSSR count). The van der Waals surface area contributed by atoms with Crippen LogP contribution in [0.4, 0.5) is 0 Å². The van der Waals surface area contributed by atoms with Gasteiger partial charge in [0.15, 0.2) is 11.6 Å². The smallest absolute Gasteiger partial charge is 0.160 e. The summed E-state index contributed by atoms with van der Waals surface area (Å²) in [7, 11) is 0. The Balaban J connectivity index is 1.20. The van der Waals surface area contributed by atoms with E-state index in [0.29, 0.717) is 11.6 Å². The Kier molecular flexibility index (Phi) is 7.45. The maximum absolute atomic E-state index is 5.21. The summed E-state index contributed by atoms with van der Waals surface area (Å²) in [6.45, 7) is 0. The molecule has 4 nitrogen and oxygen atoms in total. The molecule has 50 heavy (non-hydrogen) atoms. The minimum Gasteiger partial charge on any atom is -0.228 e. The zero-order valence-corrected chi connectivity index (χ0v) is 27.1. The third-order valence-corrected chi connectivity index (χ3v) is 9.08. The van der Waals surface area contributed by atoms with Crippen LogP contribution in [0.15, 0.2) is 182 Å². The summed E-state index contributed by atoms with van der Waals surface area (Å²) in [4.78, 5) is 20.4. The number of hydrogen-bond donors (Lipinski definition) is 0. The maximum Gasteiger partial charge on any atom is 0.160 e. The van der Waals surface area contributed by atoms with E-state index in [1.54, 1.807) is 0 Å². The van der Waals surface area contributed by atoms with Gasteiger partial charge in [0.2, 0.25) is 0 Å². The minimum absolute atomic E-state index is 0.702. The fraction of sp³-hybridized carbons (Fsp3) is 0. The summed E-state index contributed by atoms with van der Waals surface area (Å²) in [6.07, 6.45) is 0. The van der Waals surface area contributed by atoms with Crippen molar-refractivity contribution in [2.24, 2.45) is 0 Å². The second-order valence-electron chi connectivity index (χ2n) is 12.3. The van der Waals surface area contributed by atoms with Gasteiger partial charge in [-0.05, 0) is 40.8 Å². The molecule has 0 amide bonds. The van der Waals surface area contributed by atoms with Gasteiger partial charge in [0.25, 0.3) is 0 Å². The van der Waals surface area contributed by atoms with Crippen LogP contribution in [0.2, 0.25) is 0 Å². The van der Waals surface area contributed by atoms with E-state index in [2.05, 4.69) is 121 Å². The molecule has 4 heteroatoms. The fourth-order valence-electron chi connectivity index (χ4n) is 6.55. The molecule has 9 aromatic rings. The number of hydrogen-bond acceptors (Lipinski definition) is 4. The molecule has 0 saturated heterocycles. The lowest BCUT2D eigenvalue weighted by Gasteiger charge is -2.13. The zero-order valence-electron chi connectivity index (χ0n) is 27.1. The van der Waals surface area contributed by atoms with Crippen LogP contribution in [0.5, 0.6) is 0 Å². The van der Waals surface area contributed by atoms with Gasteiger partial charge in [0.1, 0.15) is 0 Å². The number of benzene rings is 7. The normalized spacial score (nSPS) is 11.2. The summed E-state index contributed by atoms with van der Waals surface area (Å²) in [5, 5.41) is 3.24. The van der Waals surface area contributed by atoms with Crippen LogP contribution >= 0.6 is 0 Å². The van der Waals surface area contributed by atoms with Crippen LogP contribution in [0.25, 0.3) is 89.4 Å². The highest BCUT2D eigenvalue weighted by molar-refractivity contribution is 6.10. The zero-order chi connectivity index (χ0) is 33.3. The molecule has 0 N–H and O–H groups in total. The van der Waals surface area contributed by atoms with Crippen molar-refractivity contribution in [2.75, 3.05) is 0 Å². The minimum atomic E-state index is 0.702. The largest absolute Gasteiger partial charge is 0.228 e. The molecular formula is C46H30N4. The third kappa shape index (κ3) is 5.59. The molecule has 0 fully saturated rings. The van der Waals surface area contributed by atoms with Crippen LogP contribution in [0.3, 0.4) is 0 Å². The Morgan fingerprint density at radius 1 is 0.280 bits per heavy atom. The van der Waals surface area contributed by atoms with Gasteiger partial charge in [-0.2, -0.15) is 0 Å². The van der Waals surface area contributed by atoms with Gasteiger partial charge in [-0.15, -0.1) is 0 Å².